The molecule has 0 radical (unpaired) electrons. The van der Waals surface area contributed by atoms with Gasteiger partial charge in [-0.1, -0.05) is 60.7 Å². The van der Waals surface area contributed by atoms with Gasteiger partial charge in [-0.2, -0.15) is 0 Å². The fraction of sp³-hybridized carbons (Fsp3) is 0.0435. The lowest BCUT2D eigenvalue weighted by molar-refractivity contribution is -0.131. The second kappa shape index (κ2) is 6.92. The predicted molar refractivity (Wildman–Crippen MR) is 105 cm³/mol. The second-order valence-corrected chi connectivity index (χ2v) is 6.12. The quantitative estimate of drug-likeness (QED) is 0.293. The van der Waals surface area contributed by atoms with E-state index in [2.05, 4.69) is 0 Å². The van der Waals surface area contributed by atoms with E-state index in [0.29, 0.717) is 16.9 Å². The third kappa shape index (κ3) is 3.25. The summed E-state index contributed by atoms with van der Waals surface area (Å²) in [6, 6.07) is 24.0. The molecule has 0 bridgehead atoms. The van der Waals surface area contributed by atoms with Gasteiger partial charge in [0.1, 0.15) is 11.3 Å². The number of ether oxygens (including phenoxy) is 1. The Labute approximate surface area is 155 Å². The average molecular weight is 356 g/mol. The first kappa shape index (κ1) is 16.8. The molecule has 0 fully saturated rings. The molecule has 0 saturated heterocycles. The van der Waals surface area contributed by atoms with E-state index in [9.17, 15) is 9.59 Å². The lowest BCUT2D eigenvalue weighted by atomic mass is 9.93. The summed E-state index contributed by atoms with van der Waals surface area (Å²) in [4.78, 5) is 24.0. The van der Waals surface area contributed by atoms with Crippen LogP contribution in [0.3, 0.4) is 0 Å². The molecule has 4 heteroatoms. The summed E-state index contributed by atoms with van der Waals surface area (Å²) in [7, 11) is 0. The largest absolute Gasteiger partial charge is 0.427 e. The highest BCUT2D eigenvalue weighted by Gasteiger charge is 2.17. The Morgan fingerprint density at radius 3 is 2.11 bits per heavy atom. The Hall–Kier alpha value is -3.66. The molecule has 132 valence electrons. The molecule has 1 heterocycles. The van der Waals surface area contributed by atoms with Gasteiger partial charge in [-0.3, -0.25) is 4.79 Å². The molecule has 3 aromatic carbocycles. The highest BCUT2D eigenvalue weighted by molar-refractivity contribution is 6.01. The van der Waals surface area contributed by atoms with E-state index in [1.54, 1.807) is 18.2 Å². The third-order valence-corrected chi connectivity index (χ3v) is 4.28. The van der Waals surface area contributed by atoms with Crippen LogP contribution in [0.25, 0.3) is 33.2 Å². The van der Waals surface area contributed by atoms with Crippen LogP contribution in [0.4, 0.5) is 0 Å². The van der Waals surface area contributed by atoms with E-state index in [0.717, 1.165) is 22.1 Å². The van der Waals surface area contributed by atoms with Gasteiger partial charge in [-0.25, -0.2) is 4.79 Å². The summed E-state index contributed by atoms with van der Waals surface area (Å²) < 4.78 is 10.7. The van der Waals surface area contributed by atoms with Crippen molar-refractivity contribution in [2.45, 2.75) is 6.92 Å². The topological polar surface area (TPSA) is 56.5 Å². The van der Waals surface area contributed by atoms with Crippen molar-refractivity contribution in [2.75, 3.05) is 0 Å². The van der Waals surface area contributed by atoms with Crippen LogP contribution in [0.5, 0.6) is 5.75 Å². The number of benzene rings is 3. The van der Waals surface area contributed by atoms with E-state index in [1.807, 2.05) is 60.7 Å². The van der Waals surface area contributed by atoms with E-state index < -0.39 is 0 Å². The number of carbonyl (C=O) groups is 1. The zero-order valence-corrected chi connectivity index (χ0v) is 14.6. The monoisotopic (exact) mass is 356 g/mol. The molecule has 0 aliphatic carbocycles. The first-order valence-corrected chi connectivity index (χ1v) is 8.53. The van der Waals surface area contributed by atoms with Crippen LogP contribution in [0.1, 0.15) is 6.92 Å². The molecule has 0 aliphatic heterocycles. The van der Waals surface area contributed by atoms with Crippen molar-refractivity contribution < 1.29 is 13.9 Å². The highest BCUT2D eigenvalue weighted by Crippen LogP contribution is 2.36. The minimum absolute atomic E-state index is 0.376. The number of hydrogen-bond donors (Lipinski definition) is 0. The Balaban J connectivity index is 2.00. The molecule has 0 aliphatic rings. The molecule has 0 saturated carbocycles. The van der Waals surface area contributed by atoms with Gasteiger partial charge in [-0.05, 0) is 29.3 Å². The molecular formula is C23H16O4. The van der Waals surface area contributed by atoms with Crippen molar-refractivity contribution in [3.63, 3.8) is 0 Å². The number of fused-ring (bicyclic) bond motifs is 1. The molecule has 4 aromatic rings. The molecule has 4 nitrogen and oxygen atoms in total. The lowest BCUT2D eigenvalue weighted by Crippen LogP contribution is -2.06. The summed E-state index contributed by atoms with van der Waals surface area (Å²) in [6.45, 7) is 1.36. The fourth-order valence-electron chi connectivity index (χ4n) is 3.17. The molecule has 0 spiro atoms. The maximum atomic E-state index is 12.8. The van der Waals surface area contributed by atoms with Crippen LogP contribution in [-0.2, 0) is 4.79 Å². The molecule has 1 aromatic heterocycles. The maximum absolute atomic E-state index is 12.8. The SMILES string of the molecule is CC(=O)Oc1ccc(-c2c(-c3ccccc3)c(=O)oc3ccccc23)cc1. The van der Waals surface area contributed by atoms with Gasteiger partial charge >= 0.3 is 11.6 Å². The van der Waals surface area contributed by atoms with Gasteiger partial charge in [0.2, 0.25) is 0 Å². The normalized spacial score (nSPS) is 10.7. The molecule has 27 heavy (non-hydrogen) atoms. The molecular weight excluding hydrogens is 340 g/mol. The average Bonchev–Trinajstić information content (AvgIpc) is 2.68. The Bertz CT molecular complexity index is 1170. The highest BCUT2D eigenvalue weighted by atomic mass is 16.5. The summed E-state index contributed by atoms with van der Waals surface area (Å²) in [6.07, 6.45) is 0. The van der Waals surface area contributed by atoms with Crippen LogP contribution in [0.2, 0.25) is 0 Å². The first-order chi connectivity index (χ1) is 13.1. The number of carbonyl (C=O) groups excluding carboxylic acids is 1. The Morgan fingerprint density at radius 1 is 0.778 bits per heavy atom. The van der Waals surface area contributed by atoms with Crippen molar-refractivity contribution in [1.29, 1.82) is 0 Å². The number of hydrogen-bond acceptors (Lipinski definition) is 4. The minimum atomic E-state index is -0.390. The van der Waals surface area contributed by atoms with E-state index in [1.165, 1.54) is 6.92 Å². The molecule has 0 atom stereocenters. The zero-order valence-electron chi connectivity index (χ0n) is 14.6. The van der Waals surface area contributed by atoms with Gasteiger partial charge in [0.15, 0.2) is 0 Å². The molecule has 0 amide bonds. The molecule has 0 N–H and O–H groups in total. The number of esters is 1. The standard InChI is InChI=1S/C23H16O4/c1-15(24)26-18-13-11-17(12-14-18)21-19-9-5-6-10-20(19)27-23(25)22(21)16-7-3-2-4-8-16/h2-14H,1H3. The van der Waals surface area contributed by atoms with Crippen molar-refractivity contribution in [3.05, 3.63) is 89.3 Å². The van der Waals surface area contributed by atoms with Gasteiger partial charge in [0, 0.05) is 17.9 Å². The van der Waals surface area contributed by atoms with Crippen molar-refractivity contribution in [2.24, 2.45) is 0 Å². The Kier molecular flexibility index (Phi) is 4.30. The maximum Gasteiger partial charge on any atom is 0.344 e. The van der Waals surface area contributed by atoms with E-state index in [4.69, 9.17) is 9.15 Å². The van der Waals surface area contributed by atoms with Gasteiger partial charge < -0.3 is 9.15 Å². The fourth-order valence-corrected chi connectivity index (χ4v) is 3.17. The second-order valence-electron chi connectivity index (χ2n) is 6.12. The van der Waals surface area contributed by atoms with E-state index in [-0.39, 0.29) is 11.6 Å². The Morgan fingerprint density at radius 2 is 1.41 bits per heavy atom. The van der Waals surface area contributed by atoms with Crippen LogP contribution in [-0.4, -0.2) is 5.97 Å². The summed E-state index contributed by atoms with van der Waals surface area (Å²) in [5, 5.41) is 0.844. The van der Waals surface area contributed by atoms with E-state index >= 15 is 0 Å². The smallest absolute Gasteiger partial charge is 0.344 e. The lowest BCUT2D eigenvalue weighted by Gasteiger charge is -2.12. The summed E-state index contributed by atoms with van der Waals surface area (Å²) in [5.41, 5.74) is 3.07. The van der Waals surface area contributed by atoms with Gasteiger partial charge in [0.05, 0.1) is 5.56 Å². The zero-order chi connectivity index (χ0) is 18.8. The van der Waals surface area contributed by atoms with Crippen LogP contribution in [0, 0.1) is 0 Å². The van der Waals surface area contributed by atoms with Crippen molar-refractivity contribution in [3.8, 4) is 28.0 Å². The number of rotatable bonds is 3. The van der Waals surface area contributed by atoms with Gasteiger partial charge in [0.25, 0.3) is 0 Å². The summed E-state index contributed by atoms with van der Waals surface area (Å²) in [5.74, 6) is 0.0818. The van der Waals surface area contributed by atoms with Crippen molar-refractivity contribution >= 4 is 16.9 Å². The van der Waals surface area contributed by atoms with Gasteiger partial charge in [-0.15, -0.1) is 0 Å². The first-order valence-electron chi connectivity index (χ1n) is 8.53. The minimum Gasteiger partial charge on any atom is -0.427 e. The molecule has 4 rings (SSSR count). The van der Waals surface area contributed by atoms with Crippen LogP contribution < -0.4 is 10.4 Å². The number of para-hydroxylation sites is 1. The van der Waals surface area contributed by atoms with Crippen molar-refractivity contribution in [1.82, 2.24) is 0 Å². The summed E-state index contributed by atoms with van der Waals surface area (Å²) >= 11 is 0. The predicted octanol–water partition coefficient (Wildman–Crippen LogP) is 5.05. The molecule has 0 unspecified atom stereocenters. The van der Waals surface area contributed by atoms with Crippen LogP contribution in [0.15, 0.2) is 88.1 Å². The third-order valence-electron chi connectivity index (χ3n) is 4.28. The van der Waals surface area contributed by atoms with Crippen LogP contribution >= 0.6 is 0 Å².